The molecule has 1 fully saturated rings. The summed E-state index contributed by atoms with van der Waals surface area (Å²) in [7, 11) is 0. The second-order valence-corrected chi connectivity index (χ2v) is 5.50. The highest BCUT2D eigenvalue weighted by Crippen LogP contribution is 2.30. The number of carboxylic acids is 1. The third-order valence-electron chi connectivity index (χ3n) is 4.05. The molecule has 1 amide bonds. The molecule has 1 aliphatic carbocycles. The van der Waals surface area contributed by atoms with Gasteiger partial charge in [0.05, 0.1) is 11.8 Å². The molecule has 0 aliphatic heterocycles. The average Bonchev–Trinajstić information content (AvgIpc) is 2.49. The molecule has 2 atom stereocenters. The van der Waals surface area contributed by atoms with E-state index in [-0.39, 0.29) is 11.7 Å². The van der Waals surface area contributed by atoms with Crippen molar-refractivity contribution in [3.8, 4) is 0 Å². The molecule has 1 aromatic rings. The lowest BCUT2D eigenvalue weighted by atomic mass is 9.78. The Morgan fingerprint density at radius 2 is 1.76 bits per heavy atom. The molecule has 4 nitrogen and oxygen atoms in total. The predicted octanol–water partition coefficient (Wildman–Crippen LogP) is 2.38. The molecule has 5 heteroatoms. The summed E-state index contributed by atoms with van der Waals surface area (Å²) in [5.74, 6) is -2.33. The van der Waals surface area contributed by atoms with Crippen molar-refractivity contribution < 1.29 is 19.1 Å². The van der Waals surface area contributed by atoms with Gasteiger partial charge in [-0.1, -0.05) is 25.0 Å². The Morgan fingerprint density at radius 3 is 2.38 bits per heavy atom. The summed E-state index contributed by atoms with van der Waals surface area (Å²) in [6.07, 6.45) is 3.59. The van der Waals surface area contributed by atoms with Crippen LogP contribution in [0.4, 0.5) is 4.39 Å². The number of hydrogen-bond acceptors (Lipinski definition) is 2. The van der Waals surface area contributed by atoms with Crippen molar-refractivity contribution in [2.45, 2.75) is 32.1 Å². The van der Waals surface area contributed by atoms with E-state index in [1.54, 1.807) is 12.1 Å². The van der Waals surface area contributed by atoms with Crippen LogP contribution in [0.3, 0.4) is 0 Å². The van der Waals surface area contributed by atoms with E-state index >= 15 is 0 Å². The first-order valence-corrected chi connectivity index (χ1v) is 7.33. The Bertz CT molecular complexity index is 501. The van der Waals surface area contributed by atoms with Gasteiger partial charge in [-0.15, -0.1) is 0 Å². The number of carbonyl (C=O) groups excluding carboxylic acids is 1. The molecular weight excluding hydrogens is 273 g/mol. The predicted molar refractivity (Wildman–Crippen MR) is 76.2 cm³/mol. The Labute approximate surface area is 123 Å². The van der Waals surface area contributed by atoms with Gasteiger partial charge in [-0.05, 0) is 37.0 Å². The summed E-state index contributed by atoms with van der Waals surface area (Å²) in [5.41, 5.74) is 0.940. The van der Waals surface area contributed by atoms with Gasteiger partial charge in [0.2, 0.25) is 5.91 Å². The zero-order valence-corrected chi connectivity index (χ0v) is 11.8. The van der Waals surface area contributed by atoms with Crippen LogP contribution in [-0.2, 0) is 16.0 Å². The molecule has 1 aromatic carbocycles. The van der Waals surface area contributed by atoms with Crippen LogP contribution in [0.5, 0.6) is 0 Å². The first-order chi connectivity index (χ1) is 10.1. The second-order valence-electron chi connectivity index (χ2n) is 5.50. The number of carboxylic acid groups (broad SMARTS) is 1. The fraction of sp³-hybridized carbons (Fsp3) is 0.500. The van der Waals surface area contributed by atoms with E-state index in [1.807, 2.05) is 0 Å². The summed E-state index contributed by atoms with van der Waals surface area (Å²) < 4.78 is 12.8. The SMILES string of the molecule is O=C(O)[C@@H]1CCCC[C@H]1C(=O)NCCc1ccc(F)cc1. The van der Waals surface area contributed by atoms with Gasteiger partial charge in [-0.25, -0.2) is 4.39 Å². The molecule has 2 rings (SSSR count). The highest BCUT2D eigenvalue weighted by molar-refractivity contribution is 5.84. The maximum Gasteiger partial charge on any atom is 0.307 e. The minimum Gasteiger partial charge on any atom is -0.481 e. The third kappa shape index (κ3) is 4.28. The molecule has 114 valence electrons. The van der Waals surface area contributed by atoms with E-state index in [1.165, 1.54) is 12.1 Å². The number of aliphatic carboxylic acids is 1. The summed E-state index contributed by atoms with van der Waals surface area (Å²) in [6.45, 7) is 0.438. The molecule has 0 spiro atoms. The number of benzene rings is 1. The molecule has 0 saturated heterocycles. The second kappa shape index (κ2) is 7.20. The van der Waals surface area contributed by atoms with Crippen molar-refractivity contribution >= 4 is 11.9 Å². The number of amides is 1. The lowest BCUT2D eigenvalue weighted by Crippen LogP contribution is -2.40. The zero-order chi connectivity index (χ0) is 15.2. The molecule has 1 aliphatic rings. The van der Waals surface area contributed by atoms with Crippen molar-refractivity contribution in [2.75, 3.05) is 6.54 Å². The van der Waals surface area contributed by atoms with Gasteiger partial charge in [0.1, 0.15) is 5.82 Å². The number of nitrogens with one attached hydrogen (secondary N) is 1. The fourth-order valence-electron chi connectivity index (χ4n) is 2.85. The Hall–Kier alpha value is -1.91. The lowest BCUT2D eigenvalue weighted by Gasteiger charge is -2.27. The Kier molecular flexibility index (Phi) is 5.31. The topological polar surface area (TPSA) is 66.4 Å². The van der Waals surface area contributed by atoms with Crippen molar-refractivity contribution in [3.63, 3.8) is 0 Å². The highest BCUT2D eigenvalue weighted by Gasteiger charge is 2.35. The average molecular weight is 293 g/mol. The molecule has 0 aromatic heterocycles. The van der Waals surface area contributed by atoms with Crippen LogP contribution in [0, 0.1) is 17.7 Å². The normalized spacial score (nSPS) is 21.8. The largest absolute Gasteiger partial charge is 0.481 e. The molecule has 21 heavy (non-hydrogen) atoms. The van der Waals surface area contributed by atoms with Gasteiger partial charge in [0.15, 0.2) is 0 Å². The van der Waals surface area contributed by atoms with E-state index in [4.69, 9.17) is 0 Å². The van der Waals surface area contributed by atoms with Crippen molar-refractivity contribution in [3.05, 3.63) is 35.6 Å². The summed E-state index contributed by atoms with van der Waals surface area (Å²) in [5, 5.41) is 12.0. The maximum atomic E-state index is 12.8. The summed E-state index contributed by atoms with van der Waals surface area (Å²) in [4.78, 5) is 23.3. The minimum absolute atomic E-state index is 0.177. The molecule has 0 radical (unpaired) electrons. The van der Waals surface area contributed by atoms with E-state index < -0.39 is 17.8 Å². The maximum absolute atomic E-state index is 12.8. The smallest absolute Gasteiger partial charge is 0.307 e. The van der Waals surface area contributed by atoms with Crippen LogP contribution < -0.4 is 5.32 Å². The van der Waals surface area contributed by atoms with Crippen LogP contribution in [0.2, 0.25) is 0 Å². The van der Waals surface area contributed by atoms with Gasteiger partial charge in [-0.3, -0.25) is 9.59 Å². The third-order valence-corrected chi connectivity index (χ3v) is 4.05. The molecule has 0 unspecified atom stereocenters. The lowest BCUT2D eigenvalue weighted by molar-refractivity contribution is -0.148. The Morgan fingerprint density at radius 1 is 1.14 bits per heavy atom. The summed E-state index contributed by atoms with van der Waals surface area (Å²) in [6, 6.07) is 6.14. The Balaban J connectivity index is 1.83. The zero-order valence-electron chi connectivity index (χ0n) is 11.8. The van der Waals surface area contributed by atoms with Gasteiger partial charge in [0, 0.05) is 6.54 Å². The van der Waals surface area contributed by atoms with E-state index in [2.05, 4.69) is 5.32 Å². The molecule has 1 saturated carbocycles. The van der Waals surface area contributed by atoms with Crippen LogP contribution in [-0.4, -0.2) is 23.5 Å². The number of rotatable bonds is 5. The van der Waals surface area contributed by atoms with Gasteiger partial charge >= 0.3 is 5.97 Å². The first kappa shape index (κ1) is 15.5. The summed E-state index contributed by atoms with van der Waals surface area (Å²) >= 11 is 0. The van der Waals surface area contributed by atoms with Crippen LogP contribution in [0.1, 0.15) is 31.2 Å². The number of halogens is 1. The monoisotopic (exact) mass is 293 g/mol. The number of carbonyl (C=O) groups is 2. The molecular formula is C16H20FNO3. The minimum atomic E-state index is -0.881. The van der Waals surface area contributed by atoms with Crippen molar-refractivity contribution in [2.24, 2.45) is 11.8 Å². The van der Waals surface area contributed by atoms with E-state index in [9.17, 15) is 19.1 Å². The van der Waals surface area contributed by atoms with Crippen LogP contribution in [0.15, 0.2) is 24.3 Å². The van der Waals surface area contributed by atoms with Gasteiger partial charge in [-0.2, -0.15) is 0 Å². The van der Waals surface area contributed by atoms with Crippen molar-refractivity contribution in [1.29, 1.82) is 0 Å². The van der Waals surface area contributed by atoms with E-state index in [0.717, 1.165) is 18.4 Å². The molecule has 2 N–H and O–H groups in total. The van der Waals surface area contributed by atoms with Crippen LogP contribution >= 0.6 is 0 Å². The fourth-order valence-corrected chi connectivity index (χ4v) is 2.85. The quantitative estimate of drug-likeness (QED) is 0.876. The highest BCUT2D eigenvalue weighted by atomic mass is 19.1. The van der Waals surface area contributed by atoms with Gasteiger partial charge < -0.3 is 10.4 Å². The van der Waals surface area contributed by atoms with Crippen molar-refractivity contribution in [1.82, 2.24) is 5.32 Å². The van der Waals surface area contributed by atoms with Gasteiger partial charge in [0.25, 0.3) is 0 Å². The number of hydrogen-bond donors (Lipinski definition) is 2. The molecule has 0 bridgehead atoms. The van der Waals surface area contributed by atoms with Crippen LogP contribution in [0.25, 0.3) is 0 Å². The van der Waals surface area contributed by atoms with E-state index in [0.29, 0.717) is 25.8 Å². The standard InChI is InChI=1S/C16H20FNO3/c17-12-7-5-11(6-8-12)9-10-18-15(19)13-3-1-2-4-14(13)16(20)21/h5-8,13-14H,1-4,9-10H2,(H,18,19)(H,20,21)/t13-,14-/m1/s1. The molecule has 0 heterocycles. The first-order valence-electron chi connectivity index (χ1n) is 7.33.